The summed E-state index contributed by atoms with van der Waals surface area (Å²) in [6, 6.07) is 2.33. The Labute approximate surface area is 201 Å². The van der Waals surface area contributed by atoms with Crippen LogP contribution in [0.5, 0.6) is 5.88 Å². The van der Waals surface area contributed by atoms with Crippen molar-refractivity contribution in [2.45, 2.75) is 71.5 Å². The average Bonchev–Trinajstić information content (AvgIpc) is 3.39. The lowest BCUT2D eigenvalue weighted by molar-refractivity contribution is -0.138. The maximum absolute atomic E-state index is 12.8. The fraction of sp³-hybridized carbons (Fsp3) is 0.500. The molecular weight excluding hydrogens is 463 g/mol. The van der Waals surface area contributed by atoms with E-state index in [9.17, 15) is 18.0 Å². The summed E-state index contributed by atoms with van der Waals surface area (Å²) in [6.07, 6.45) is 4.58. The molecule has 3 aromatic heterocycles. The third-order valence-electron chi connectivity index (χ3n) is 5.45. The second-order valence-electron chi connectivity index (χ2n) is 8.20. The number of nitrogens with zero attached hydrogens (tertiary/aromatic N) is 5. The third-order valence-corrected chi connectivity index (χ3v) is 5.45. The summed E-state index contributed by atoms with van der Waals surface area (Å²) in [4.78, 5) is 14.8. The Morgan fingerprint density at radius 2 is 1.86 bits per heavy atom. The number of rotatable bonds is 13. The molecule has 0 aliphatic heterocycles. The Balaban J connectivity index is 1.62. The van der Waals surface area contributed by atoms with Crippen LogP contribution in [0.3, 0.4) is 0 Å². The minimum absolute atomic E-state index is 0.0176. The molecular formula is C24H30F3N5O3. The first-order valence-corrected chi connectivity index (χ1v) is 11.7. The standard InChI is InChI=1S/C24H30F3N5O3/c1-3-7-20-17(16-32(29-20)21-11-10-19(14-28-21)24(25,26)27)8-5-6-13-31-15-18(9-12-22(33)34)23(30-31)35-4-2/h10-11,14-16H,3-9,12-13H2,1-2H3,(H,33,34). The molecule has 0 unspecified atom stereocenters. The summed E-state index contributed by atoms with van der Waals surface area (Å²) in [5, 5.41) is 17.9. The van der Waals surface area contributed by atoms with Gasteiger partial charge in [0.25, 0.3) is 0 Å². The maximum atomic E-state index is 12.8. The van der Waals surface area contributed by atoms with E-state index in [4.69, 9.17) is 9.84 Å². The molecule has 11 heteroatoms. The number of pyridine rings is 1. The topological polar surface area (TPSA) is 95.1 Å². The van der Waals surface area contributed by atoms with Crippen LogP contribution < -0.4 is 4.74 Å². The van der Waals surface area contributed by atoms with Crippen LogP contribution in [-0.2, 0) is 36.8 Å². The number of aliphatic carboxylic acids is 1. The van der Waals surface area contributed by atoms with Gasteiger partial charge in [0.1, 0.15) is 0 Å². The molecule has 0 spiro atoms. The summed E-state index contributed by atoms with van der Waals surface area (Å²) in [6.45, 7) is 5.02. The highest BCUT2D eigenvalue weighted by Crippen LogP contribution is 2.29. The van der Waals surface area contributed by atoms with Crippen molar-refractivity contribution >= 4 is 5.97 Å². The number of ether oxygens (including phenoxy) is 1. The number of hydrogen-bond donors (Lipinski definition) is 1. The second kappa shape index (κ2) is 11.9. The molecule has 0 saturated carbocycles. The lowest BCUT2D eigenvalue weighted by Crippen LogP contribution is -2.07. The summed E-state index contributed by atoms with van der Waals surface area (Å²) in [7, 11) is 0. The van der Waals surface area contributed by atoms with Gasteiger partial charge >= 0.3 is 12.1 Å². The molecule has 0 fully saturated rings. The lowest BCUT2D eigenvalue weighted by atomic mass is 10.1. The van der Waals surface area contributed by atoms with Crippen LogP contribution in [0.4, 0.5) is 13.2 Å². The van der Waals surface area contributed by atoms with Crippen LogP contribution in [-0.4, -0.2) is 42.2 Å². The number of aromatic nitrogens is 5. The van der Waals surface area contributed by atoms with Crippen LogP contribution in [0.15, 0.2) is 30.7 Å². The van der Waals surface area contributed by atoms with Crippen LogP contribution >= 0.6 is 0 Å². The van der Waals surface area contributed by atoms with Crippen molar-refractivity contribution in [3.8, 4) is 11.7 Å². The van der Waals surface area contributed by atoms with Crippen molar-refractivity contribution in [2.24, 2.45) is 0 Å². The van der Waals surface area contributed by atoms with Crippen molar-refractivity contribution in [1.29, 1.82) is 0 Å². The van der Waals surface area contributed by atoms with Crippen molar-refractivity contribution in [3.05, 3.63) is 53.1 Å². The van der Waals surface area contributed by atoms with E-state index in [1.165, 1.54) is 10.7 Å². The van der Waals surface area contributed by atoms with Gasteiger partial charge in [0.2, 0.25) is 5.88 Å². The minimum Gasteiger partial charge on any atom is -0.481 e. The number of alkyl halides is 3. The summed E-state index contributed by atoms with van der Waals surface area (Å²) < 4.78 is 47.3. The molecule has 0 bridgehead atoms. The van der Waals surface area contributed by atoms with E-state index < -0.39 is 17.7 Å². The smallest absolute Gasteiger partial charge is 0.417 e. The highest BCUT2D eigenvalue weighted by molar-refractivity contribution is 5.67. The van der Waals surface area contributed by atoms with Gasteiger partial charge in [-0.25, -0.2) is 9.67 Å². The zero-order valence-electron chi connectivity index (χ0n) is 19.9. The summed E-state index contributed by atoms with van der Waals surface area (Å²) >= 11 is 0. The minimum atomic E-state index is -4.43. The molecule has 8 nitrogen and oxygen atoms in total. The predicted molar refractivity (Wildman–Crippen MR) is 123 cm³/mol. The monoisotopic (exact) mass is 493 g/mol. The van der Waals surface area contributed by atoms with Gasteiger partial charge in [0.15, 0.2) is 5.82 Å². The van der Waals surface area contributed by atoms with E-state index in [-0.39, 0.29) is 6.42 Å². The molecule has 3 aromatic rings. The zero-order valence-corrected chi connectivity index (χ0v) is 19.9. The Hall–Kier alpha value is -3.37. The number of hydrogen-bond acceptors (Lipinski definition) is 5. The van der Waals surface area contributed by atoms with E-state index in [2.05, 4.69) is 22.1 Å². The van der Waals surface area contributed by atoms with Gasteiger partial charge in [0.05, 0.1) is 17.9 Å². The fourth-order valence-electron chi connectivity index (χ4n) is 3.73. The van der Waals surface area contributed by atoms with Crippen LogP contribution in [0, 0.1) is 0 Å². The predicted octanol–water partition coefficient (Wildman–Crippen LogP) is 4.87. The molecule has 3 rings (SSSR count). The second-order valence-corrected chi connectivity index (χ2v) is 8.20. The Kier molecular flexibility index (Phi) is 8.89. The number of carboxylic acid groups (broad SMARTS) is 1. The van der Waals surface area contributed by atoms with Crippen molar-refractivity contribution < 1.29 is 27.8 Å². The molecule has 3 heterocycles. The van der Waals surface area contributed by atoms with Gasteiger partial charge in [-0.2, -0.15) is 18.3 Å². The molecule has 1 N–H and O–H groups in total. The molecule has 0 atom stereocenters. The first-order valence-electron chi connectivity index (χ1n) is 11.7. The molecule has 190 valence electrons. The molecule has 35 heavy (non-hydrogen) atoms. The Bertz CT molecular complexity index is 1110. The van der Waals surface area contributed by atoms with Crippen molar-refractivity contribution in [1.82, 2.24) is 24.5 Å². The Morgan fingerprint density at radius 3 is 2.49 bits per heavy atom. The van der Waals surface area contributed by atoms with Crippen LogP contribution in [0.2, 0.25) is 0 Å². The first kappa shape index (κ1) is 26.2. The van der Waals surface area contributed by atoms with Gasteiger partial charge < -0.3 is 9.84 Å². The molecule has 0 aliphatic rings. The third kappa shape index (κ3) is 7.30. The highest BCUT2D eigenvalue weighted by atomic mass is 19.4. The molecule has 0 aliphatic carbocycles. The van der Waals surface area contributed by atoms with Gasteiger partial charge in [-0.05, 0) is 56.7 Å². The zero-order chi connectivity index (χ0) is 25.4. The molecule has 0 amide bonds. The van der Waals surface area contributed by atoms with E-state index in [1.807, 2.05) is 19.3 Å². The lowest BCUT2D eigenvalue weighted by Gasteiger charge is -2.06. The molecule has 0 radical (unpaired) electrons. The molecule has 0 saturated heterocycles. The van der Waals surface area contributed by atoms with E-state index >= 15 is 0 Å². The summed E-state index contributed by atoms with van der Waals surface area (Å²) in [5.41, 5.74) is 1.96. The van der Waals surface area contributed by atoms with E-state index in [1.54, 1.807) is 4.68 Å². The normalized spacial score (nSPS) is 11.7. The largest absolute Gasteiger partial charge is 0.481 e. The number of aryl methyl sites for hydroxylation is 4. The first-order chi connectivity index (χ1) is 16.7. The number of unbranched alkanes of at least 4 members (excludes halogenated alkanes) is 1. The van der Waals surface area contributed by atoms with Crippen LogP contribution in [0.1, 0.15) is 61.9 Å². The van der Waals surface area contributed by atoms with Crippen molar-refractivity contribution in [3.63, 3.8) is 0 Å². The van der Waals surface area contributed by atoms with Gasteiger partial charge in [-0.3, -0.25) is 9.48 Å². The van der Waals surface area contributed by atoms with Gasteiger partial charge in [-0.1, -0.05) is 13.3 Å². The quantitative estimate of drug-likeness (QED) is 0.341. The Morgan fingerprint density at radius 1 is 1.06 bits per heavy atom. The maximum Gasteiger partial charge on any atom is 0.417 e. The van der Waals surface area contributed by atoms with Gasteiger partial charge in [0, 0.05) is 37.1 Å². The molecule has 0 aromatic carbocycles. The van der Waals surface area contributed by atoms with E-state index in [0.717, 1.165) is 61.2 Å². The number of carboxylic acids is 1. The highest BCUT2D eigenvalue weighted by Gasteiger charge is 2.30. The number of carbonyl (C=O) groups is 1. The number of halogens is 3. The van der Waals surface area contributed by atoms with Crippen molar-refractivity contribution in [2.75, 3.05) is 6.61 Å². The van der Waals surface area contributed by atoms with Crippen LogP contribution in [0.25, 0.3) is 5.82 Å². The summed E-state index contributed by atoms with van der Waals surface area (Å²) in [5.74, 6) is -0.0464. The van der Waals surface area contributed by atoms with E-state index in [0.29, 0.717) is 31.3 Å². The SMILES string of the molecule is CCCc1nn(-c2ccc(C(F)(F)F)cn2)cc1CCCCn1cc(CCC(=O)O)c(OCC)n1. The van der Waals surface area contributed by atoms with Gasteiger partial charge in [-0.15, -0.1) is 5.10 Å². The fourth-order valence-corrected chi connectivity index (χ4v) is 3.73. The average molecular weight is 494 g/mol.